The zero-order valence-electron chi connectivity index (χ0n) is 11.0. The molecule has 2 aromatic rings. The number of benzene rings is 1. The third-order valence-corrected chi connectivity index (χ3v) is 4.82. The second-order valence-corrected chi connectivity index (χ2v) is 6.39. The Morgan fingerprint density at radius 1 is 1.37 bits per heavy atom. The molecule has 0 bridgehead atoms. The summed E-state index contributed by atoms with van der Waals surface area (Å²) >= 11 is 2.05. The molecule has 1 aromatic heterocycles. The summed E-state index contributed by atoms with van der Waals surface area (Å²) in [6, 6.07) is 9.21. The number of hydrogen-bond donors (Lipinski definition) is 1. The molecule has 2 heterocycles. The van der Waals surface area contributed by atoms with Gasteiger partial charge in [-0.1, -0.05) is 19.1 Å². The summed E-state index contributed by atoms with van der Waals surface area (Å²) in [6.45, 7) is 3.07. The van der Waals surface area contributed by atoms with Crippen molar-refractivity contribution in [3.05, 3.63) is 42.5 Å². The number of rotatable bonds is 4. The standard InChI is InChI=1S/C14H18N4S/c1-11-14(6-7-19-11)17-13-4-2-12(3-5-13)8-18-10-15-9-16-18/h2-5,9-11,14,17H,6-8H2,1H3. The molecule has 2 unspecified atom stereocenters. The van der Waals surface area contributed by atoms with Crippen LogP contribution in [0.25, 0.3) is 0 Å². The van der Waals surface area contributed by atoms with Crippen molar-refractivity contribution >= 4 is 17.4 Å². The van der Waals surface area contributed by atoms with E-state index in [-0.39, 0.29) is 0 Å². The summed E-state index contributed by atoms with van der Waals surface area (Å²) in [5.41, 5.74) is 2.45. The molecule has 19 heavy (non-hydrogen) atoms. The molecule has 5 heteroatoms. The second kappa shape index (κ2) is 5.65. The van der Waals surface area contributed by atoms with E-state index in [1.165, 1.54) is 23.4 Å². The molecular formula is C14H18N4S. The van der Waals surface area contributed by atoms with E-state index in [2.05, 4.69) is 46.6 Å². The molecule has 3 rings (SSSR count). The van der Waals surface area contributed by atoms with E-state index in [1.54, 1.807) is 12.7 Å². The molecule has 1 N–H and O–H groups in total. The van der Waals surface area contributed by atoms with Crippen molar-refractivity contribution in [2.24, 2.45) is 0 Å². The van der Waals surface area contributed by atoms with Gasteiger partial charge in [0.2, 0.25) is 0 Å². The Hall–Kier alpha value is -1.49. The Balaban J connectivity index is 1.62. The third-order valence-electron chi connectivity index (χ3n) is 3.49. The van der Waals surface area contributed by atoms with Crippen LogP contribution in [-0.4, -0.2) is 31.8 Å². The van der Waals surface area contributed by atoms with Crippen molar-refractivity contribution in [1.29, 1.82) is 0 Å². The molecular weight excluding hydrogens is 256 g/mol. The average molecular weight is 274 g/mol. The van der Waals surface area contributed by atoms with Gasteiger partial charge < -0.3 is 5.32 Å². The van der Waals surface area contributed by atoms with E-state index in [0.717, 1.165) is 6.54 Å². The fourth-order valence-corrected chi connectivity index (χ4v) is 3.54. The normalized spacial score (nSPS) is 22.6. The van der Waals surface area contributed by atoms with Crippen molar-refractivity contribution in [2.45, 2.75) is 31.2 Å². The van der Waals surface area contributed by atoms with Crippen molar-refractivity contribution in [3.8, 4) is 0 Å². The van der Waals surface area contributed by atoms with Crippen molar-refractivity contribution in [3.63, 3.8) is 0 Å². The van der Waals surface area contributed by atoms with Gasteiger partial charge in [-0.2, -0.15) is 16.9 Å². The van der Waals surface area contributed by atoms with Gasteiger partial charge in [-0.3, -0.25) is 0 Å². The Morgan fingerprint density at radius 3 is 2.84 bits per heavy atom. The second-order valence-electron chi connectivity index (χ2n) is 4.91. The molecule has 1 fully saturated rings. The highest BCUT2D eigenvalue weighted by Crippen LogP contribution is 2.28. The van der Waals surface area contributed by atoms with E-state index in [9.17, 15) is 0 Å². The first-order chi connectivity index (χ1) is 9.31. The maximum atomic E-state index is 4.11. The number of anilines is 1. The molecule has 1 aromatic carbocycles. The predicted octanol–water partition coefficient (Wildman–Crippen LogP) is 2.63. The summed E-state index contributed by atoms with van der Waals surface area (Å²) < 4.78 is 1.83. The van der Waals surface area contributed by atoms with Crippen LogP contribution in [0.1, 0.15) is 18.9 Å². The molecule has 0 saturated carbocycles. The zero-order valence-corrected chi connectivity index (χ0v) is 11.8. The van der Waals surface area contributed by atoms with E-state index in [0.29, 0.717) is 11.3 Å². The summed E-state index contributed by atoms with van der Waals surface area (Å²) in [7, 11) is 0. The highest BCUT2D eigenvalue weighted by atomic mass is 32.2. The van der Waals surface area contributed by atoms with Crippen LogP contribution < -0.4 is 5.32 Å². The summed E-state index contributed by atoms with van der Waals surface area (Å²) in [4.78, 5) is 3.95. The Kier molecular flexibility index (Phi) is 3.73. The Labute approximate surface area is 117 Å². The summed E-state index contributed by atoms with van der Waals surface area (Å²) in [6.07, 6.45) is 4.56. The largest absolute Gasteiger partial charge is 0.381 e. The molecule has 0 radical (unpaired) electrons. The molecule has 0 aliphatic carbocycles. The highest BCUT2D eigenvalue weighted by molar-refractivity contribution is 8.00. The van der Waals surface area contributed by atoms with Crippen LogP contribution in [-0.2, 0) is 6.54 Å². The molecule has 1 aliphatic rings. The lowest BCUT2D eigenvalue weighted by Gasteiger charge is -2.18. The average Bonchev–Trinajstić information content (AvgIpc) is 3.05. The molecule has 4 nitrogen and oxygen atoms in total. The summed E-state index contributed by atoms with van der Waals surface area (Å²) in [5.74, 6) is 1.27. The quantitative estimate of drug-likeness (QED) is 0.930. The number of nitrogens with one attached hydrogen (secondary N) is 1. The highest BCUT2D eigenvalue weighted by Gasteiger charge is 2.23. The van der Waals surface area contributed by atoms with Gasteiger partial charge in [0, 0.05) is 17.0 Å². The third kappa shape index (κ3) is 3.10. The molecule has 2 atom stereocenters. The predicted molar refractivity (Wildman–Crippen MR) is 79.5 cm³/mol. The minimum atomic E-state index is 0.603. The van der Waals surface area contributed by atoms with Gasteiger partial charge in [-0.15, -0.1) is 0 Å². The summed E-state index contributed by atoms with van der Waals surface area (Å²) in [5, 5.41) is 8.44. The monoisotopic (exact) mass is 274 g/mol. The minimum absolute atomic E-state index is 0.603. The van der Waals surface area contributed by atoms with Gasteiger partial charge in [0.25, 0.3) is 0 Å². The maximum absolute atomic E-state index is 4.11. The lowest BCUT2D eigenvalue weighted by molar-refractivity contribution is 0.684. The van der Waals surface area contributed by atoms with Gasteiger partial charge in [-0.05, 0) is 29.9 Å². The first kappa shape index (κ1) is 12.5. The maximum Gasteiger partial charge on any atom is 0.137 e. The van der Waals surface area contributed by atoms with Crippen molar-refractivity contribution < 1.29 is 0 Å². The molecule has 100 valence electrons. The first-order valence-corrected chi connectivity index (χ1v) is 7.65. The molecule has 0 amide bonds. The van der Waals surface area contributed by atoms with Gasteiger partial charge in [0.1, 0.15) is 12.7 Å². The van der Waals surface area contributed by atoms with Crippen molar-refractivity contribution in [1.82, 2.24) is 14.8 Å². The van der Waals surface area contributed by atoms with Crippen LogP contribution in [0.4, 0.5) is 5.69 Å². The molecule has 1 aliphatic heterocycles. The minimum Gasteiger partial charge on any atom is -0.381 e. The van der Waals surface area contributed by atoms with E-state index in [1.807, 2.05) is 16.4 Å². The van der Waals surface area contributed by atoms with Gasteiger partial charge in [0.15, 0.2) is 0 Å². The Bertz CT molecular complexity index is 509. The number of hydrogen-bond acceptors (Lipinski definition) is 4. The number of nitrogens with zero attached hydrogens (tertiary/aromatic N) is 3. The number of thioether (sulfide) groups is 1. The van der Waals surface area contributed by atoms with Crippen LogP contribution >= 0.6 is 11.8 Å². The fraction of sp³-hybridized carbons (Fsp3) is 0.429. The SMILES string of the molecule is CC1SCCC1Nc1ccc(Cn2cncn2)cc1. The van der Waals surface area contributed by atoms with E-state index in [4.69, 9.17) is 0 Å². The lowest BCUT2D eigenvalue weighted by atomic mass is 10.1. The van der Waals surface area contributed by atoms with Crippen LogP contribution in [0.5, 0.6) is 0 Å². The van der Waals surface area contributed by atoms with Crippen LogP contribution in [0.2, 0.25) is 0 Å². The Morgan fingerprint density at radius 2 is 2.21 bits per heavy atom. The van der Waals surface area contributed by atoms with E-state index < -0.39 is 0 Å². The topological polar surface area (TPSA) is 42.7 Å². The fourth-order valence-electron chi connectivity index (χ4n) is 2.34. The zero-order chi connectivity index (χ0) is 13.1. The van der Waals surface area contributed by atoms with Gasteiger partial charge >= 0.3 is 0 Å². The molecule has 0 spiro atoms. The van der Waals surface area contributed by atoms with E-state index >= 15 is 0 Å². The van der Waals surface area contributed by atoms with Gasteiger partial charge in [0.05, 0.1) is 6.54 Å². The first-order valence-electron chi connectivity index (χ1n) is 6.61. The van der Waals surface area contributed by atoms with Crippen molar-refractivity contribution in [2.75, 3.05) is 11.1 Å². The van der Waals surface area contributed by atoms with Crippen LogP contribution in [0.3, 0.4) is 0 Å². The lowest BCUT2D eigenvalue weighted by Crippen LogP contribution is -2.24. The van der Waals surface area contributed by atoms with Crippen LogP contribution in [0, 0.1) is 0 Å². The smallest absolute Gasteiger partial charge is 0.137 e. The van der Waals surface area contributed by atoms with Crippen LogP contribution in [0.15, 0.2) is 36.9 Å². The number of aromatic nitrogens is 3. The van der Waals surface area contributed by atoms with Gasteiger partial charge in [-0.25, -0.2) is 9.67 Å². The molecule has 1 saturated heterocycles.